The van der Waals surface area contributed by atoms with Crippen molar-refractivity contribution < 1.29 is 19.1 Å². The molecule has 0 spiro atoms. The second-order valence-electron chi connectivity index (χ2n) is 6.24. The third-order valence-electron chi connectivity index (χ3n) is 5.06. The van der Waals surface area contributed by atoms with Gasteiger partial charge < -0.3 is 9.47 Å². The molecular weight excluding hydrogens is 268 g/mol. The van der Waals surface area contributed by atoms with E-state index in [2.05, 4.69) is 19.7 Å². The first kappa shape index (κ1) is 14.1. The van der Waals surface area contributed by atoms with Crippen LogP contribution in [-0.2, 0) is 19.1 Å². The lowest BCUT2D eigenvalue weighted by Crippen LogP contribution is -2.29. The lowest BCUT2D eigenvalue weighted by Gasteiger charge is -2.26. The monoisotopic (exact) mass is 288 g/mol. The van der Waals surface area contributed by atoms with Crippen LogP contribution in [0.3, 0.4) is 0 Å². The Balaban J connectivity index is 1.93. The fraction of sp³-hybridized carbons (Fsp3) is 0.529. The van der Waals surface area contributed by atoms with Gasteiger partial charge >= 0.3 is 11.9 Å². The minimum absolute atomic E-state index is 0.0162. The van der Waals surface area contributed by atoms with Crippen LogP contribution in [0.15, 0.2) is 36.5 Å². The van der Waals surface area contributed by atoms with Crippen molar-refractivity contribution in [2.75, 3.05) is 0 Å². The van der Waals surface area contributed by atoms with Gasteiger partial charge in [0.1, 0.15) is 12.2 Å². The third kappa shape index (κ3) is 2.13. The molecule has 0 aromatic heterocycles. The summed E-state index contributed by atoms with van der Waals surface area (Å²) in [7, 11) is 0. The molecule has 0 unspecified atom stereocenters. The van der Waals surface area contributed by atoms with E-state index >= 15 is 0 Å². The van der Waals surface area contributed by atoms with E-state index < -0.39 is 0 Å². The van der Waals surface area contributed by atoms with Crippen LogP contribution in [0.5, 0.6) is 0 Å². The molecule has 2 saturated carbocycles. The Labute approximate surface area is 124 Å². The Morgan fingerprint density at radius 1 is 1.29 bits per heavy atom. The van der Waals surface area contributed by atoms with Crippen molar-refractivity contribution in [3.05, 3.63) is 36.5 Å². The lowest BCUT2D eigenvalue weighted by atomic mass is 9.82. The number of carbonyl (C=O) groups is 2. The normalized spacial score (nSPS) is 38.6. The lowest BCUT2D eigenvalue weighted by molar-refractivity contribution is -0.145. The summed E-state index contributed by atoms with van der Waals surface area (Å²) < 4.78 is 10.9. The van der Waals surface area contributed by atoms with Crippen molar-refractivity contribution in [1.29, 1.82) is 0 Å². The Morgan fingerprint density at radius 2 is 2.00 bits per heavy atom. The zero-order chi connectivity index (χ0) is 15.3. The first-order valence-corrected chi connectivity index (χ1v) is 7.33. The molecule has 0 aromatic rings. The van der Waals surface area contributed by atoms with Gasteiger partial charge in [0, 0.05) is 24.3 Å². The largest absolute Gasteiger partial charge is 0.458 e. The van der Waals surface area contributed by atoms with Crippen LogP contribution >= 0.6 is 0 Å². The van der Waals surface area contributed by atoms with E-state index in [-0.39, 0.29) is 41.9 Å². The maximum atomic E-state index is 11.8. The predicted octanol–water partition coefficient (Wildman–Crippen LogP) is 2.56. The van der Waals surface area contributed by atoms with E-state index in [0.717, 1.165) is 24.0 Å². The Kier molecular flexibility index (Phi) is 3.27. The van der Waals surface area contributed by atoms with Gasteiger partial charge in [-0.2, -0.15) is 0 Å². The first-order valence-electron chi connectivity index (χ1n) is 7.33. The second kappa shape index (κ2) is 4.86. The van der Waals surface area contributed by atoms with Gasteiger partial charge in [0.2, 0.25) is 0 Å². The Morgan fingerprint density at radius 3 is 2.67 bits per heavy atom. The van der Waals surface area contributed by atoms with E-state index in [1.54, 1.807) is 0 Å². The molecule has 2 aliphatic carbocycles. The van der Waals surface area contributed by atoms with Gasteiger partial charge in [-0.25, -0.2) is 4.79 Å². The molecule has 3 fully saturated rings. The highest BCUT2D eigenvalue weighted by molar-refractivity contribution is 5.91. The highest BCUT2D eigenvalue weighted by atomic mass is 16.6. The van der Waals surface area contributed by atoms with Crippen LogP contribution in [0.2, 0.25) is 0 Å². The molecular formula is C17H20O4. The number of esters is 2. The van der Waals surface area contributed by atoms with Gasteiger partial charge in [-0.15, -0.1) is 0 Å². The van der Waals surface area contributed by atoms with Crippen molar-refractivity contribution in [2.45, 2.75) is 38.4 Å². The number of hydrogen-bond acceptors (Lipinski definition) is 4. The molecule has 0 amide bonds. The highest BCUT2D eigenvalue weighted by Gasteiger charge is 2.53. The van der Waals surface area contributed by atoms with E-state index in [1.165, 1.54) is 6.92 Å². The molecule has 4 nitrogen and oxygen atoms in total. The minimum atomic E-state index is -0.312. The maximum absolute atomic E-state index is 11.8. The van der Waals surface area contributed by atoms with Crippen LogP contribution in [0.1, 0.15) is 26.2 Å². The van der Waals surface area contributed by atoms with E-state index in [9.17, 15) is 9.59 Å². The van der Waals surface area contributed by atoms with Crippen molar-refractivity contribution >= 4 is 11.9 Å². The highest BCUT2D eigenvalue weighted by Crippen LogP contribution is 2.52. The number of ether oxygens (including phenoxy) is 2. The number of hydrogen-bond donors (Lipinski definition) is 0. The van der Waals surface area contributed by atoms with Crippen molar-refractivity contribution in [1.82, 2.24) is 0 Å². The average molecular weight is 288 g/mol. The van der Waals surface area contributed by atoms with Crippen LogP contribution < -0.4 is 0 Å². The summed E-state index contributed by atoms with van der Waals surface area (Å²) in [5.74, 6) is -0.447. The fourth-order valence-electron chi connectivity index (χ4n) is 4.01. The number of carbonyl (C=O) groups excluding carboxylic acids is 2. The molecule has 0 bridgehead atoms. The summed E-state index contributed by atoms with van der Waals surface area (Å²) in [6.07, 6.45) is 1.84. The Hall–Kier alpha value is -1.84. The molecule has 4 heteroatoms. The smallest absolute Gasteiger partial charge is 0.334 e. The van der Waals surface area contributed by atoms with E-state index in [1.807, 2.05) is 0 Å². The molecule has 5 atom stereocenters. The molecule has 0 radical (unpaired) electrons. The SMILES string of the molecule is C=C1[C@@H]2[C@@H]3OC(=O)C(=C)[C@H]3CCC(=C)[C@@H]2C[C@@H]1OC(C)=O. The molecule has 1 aliphatic heterocycles. The van der Waals surface area contributed by atoms with Crippen molar-refractivity contribution in [3.8, 4) is 0 Å². The molecule has 3 aliphatic rings. The molecule has 112 valence electrons. The van der Waals surface area contributed by atoms with Crippen molar-refractivity contribution in [3.63, 3.8) is 0 Å². The van der Waals surface area contributed by atoms with Crippen LogP contribution in [-0.4, -0.2) is 24.1 Å². The second-order valence-corrected chi connectivity index (χ2v) is 6.24. The van der Waals surface area contributed by atoms with E-state index in [4.69, 9.17) is 9.47 Å². The molecule has 1 heterocycles. The third-order valence-corrected chi connectivity index (χ3v) is 5.06. The van der Waals surface area contributed by atoms with Crippen molar-refractivity contribution in [2.24, 2.45) is 17.8 Å². The molecule has 0 N–H and O–H groups in total. The molecule has 21 heavy (non-hydrogen) atoms. The minimum Gasteiger partial charge on any atom is -0.458 e. The van der Waals surface area contributed by atoms with Gasteiger partial charge in [0.05, 0.1) is 0 Å². The number of fused-ring (bicyclic) bond motifs is 3. The first-order chi connectivity index (χ1) is 9.90. The number of allylic oxidation sites excluding steroid dienone is 1. The van der Waals surface area contributed by atoms with Crippen LogP contribution in [0.4, 0.5) is 0 Å². The quantitative estimate of drug-likeness (QED) is 0.423. The number of rotatable bonds is 1. The van der Waals surface area contributed by atoms with Crippen LogP contribution in [0, 0.1) is 17.8 Å². The predicted molar refractivity (Wildman–Crippen MR) is 77.2 cm³/mol. The maximum Gasteiger partial charge on any atom is 0.334 e. The summed E-state index contributed by atoms with van der Waals surface area (Å²) in [5, 5.41) is 0. The topological polar surface area (TPSA) is 52.6 Å². The zero-order valence-electron chi connectivity index (χ0n) is 12.3. The summed E-state index contributed by atoms with van der Waals surface area (Å²) >= 11 is 0. The molecule has 3 rings (SSSR count). The van der Waals surface area contributed by atoms with Gasteiger partial charge in [-0.05, 0) is 30.8 Å². The Bertz CT molecular complexity index is 559. The summed E-state index contributed by atoms with van der Waals surface area (Å²) in [6.45, 7) is 13.6. The summed E-state index contributed by atoms with van der Waals surface area (Å²) in [5.41, 5.74) is 2.53. The summed E-state index contributed by atoms with van der Waals surface area (Å²) in [4.78, 5) is 23.1. The average Bonchev–Trinajstić information content (AvgIpc) is 2.81. The van der Waals surface area contributed by atoms with Gasteiger partial charge in [0.25, 0.3) is 0 Å². The van der Waals surface area contributed by atoms with E-state index in [0.29, 0.717) is 12.0 Å². The van der Waals surface area contributed by atoms with Gasteiger partial charge in [-0.3, -0.25) is 4.79 Å². The van der Waals surface area contributed by atoms with Gasteiger partial charge in [-0.1, -0.05) is 25.3 Å². The molecule has 1 saturated heterocycles. The fourth-order valence-corrected chi connectivity index (χ4v) is 4.01. The standard InChI is InChI=1S/C17H20O4/c1-8-5-6-12-9(2)17(19)21-16(12)15-10(3)14(7-13(8)15)20-11(4)18/h12-16H,1-3,5-7H2,4H3/t12-,13+,14+,15+,16-/m1/s1. The van der Waals surface area contributed by atoms with Gasteiger partial charge in [0.15, 0.2) is 0 Å². The molecule has 0 aromatic carbocycles. The van der Waals surface area contributed by atoms with Crippen LogP contribution in [0.25, 0.3) is 0 Å². The summed E-state index contributed by atoms with van der Waals surface area (Å²) in [6, 6.07) is 0. The zero-order valence-corrected chi connectivity index (χ0v) is 12.3.